The van der Waals surface area contributed by atoms with Crippen LogP contribution in [0, 0.1) is 0 Å². The van der Waals surface area contributed by atoms with Gasteiger partial charge in [-0.25, -0.2) is 0 Å². The first-order valence-corrected chi connectivity index (χ1v) is 8.77. The molecule has 6 heteroatoms. The Labute approximate surface area is 153 Å². The van der Waals surface area contributed by atoms with Crippen LogP contribution in [0.1, 0.15) is 31.2 Å². The number of carbonyl (C=O) groups is 2. The fourth-order valence-corrected chi connectivity index (χ4v) is 3.52. The average molecular weight is 353 g/mol. The predicted molar refractivity (Wildman–Crippen MR) is 99.0 cm³/mol. The standard InChI is InChI=1S/C20H23N3O3/c1-26-17-8-4-6-15(12-17)20(9-2-3-10-20)19(25)22-14-18(24)23-16-7-5-11-21-13-16/h4-8,11-13H,2-3,9-10,14H2,1H3,(H,22,25)(H,23,24). The van der Waals surface area contributed by atoms with Crippen molar-refractivity contribution in [3.8, 4) is 5.75 Å². The Hall–Kier alpha value is -2.89. The highest BCUT2D eigenvalue weighted by molar-refractivity contribution is 5.96. The van der Waals surface area contributed by atoms with Crippen LogP contribution in [-0.2, 0) is 15.0 Å². The minimum atomic E-state index is -0.594. The number of benzene rings is 1. The molecule has 3 rings (SSSR count). The average Bonchev–Trinajstić information content (AvgIpc) is 3.18. The van der Waals surface area contributed by atoms with Crippen molar-refractivity contribution in [3.63, 3.8) is 0 Å². The van der Waals surface area contributed by atoms with Crippen LogP contribution in [0.15, 0.2) is 48.8 Å². The van der Waals surface area contributed by atoms with Gasteiger partial charge in [0.05, 0.1) is 31.0 Å². The first-order chi connectivity index (χ1) is 12.6. The van der Waals surface area contributed by atoms with Gasteiger partial charge >= 0.3 is 0 Å². The van der Waals surface area contributed by atoms with Crippen LogP contribution in [0.5, 0.6) is 5.75 Å². The maximum Gasteiger partial charge on any atom is 0.243 e. The number of nitrogens with zero attached hydrogens (tertiary/aromatic N) is 1. The molecule has 1 aliphatic carbocycles. The lowest BCUT2D eigenvalue weighted by atomic mass is 9.78. The zero-order chi connectivity index (χ0) is 18.4. The first kappa shape index (κ1) is 17.9. The molecule has 1 aromatic heterocycles. The number of amides is 2. The van der Waals surface area contributed by atoms with Gasteiger partial charge in [0.25, 0.3) is 0 Å². The number of carbonyl (C=O) groups excluding carboxylic acids is 2. The molecule has 2 amide bonds. The molecule has 1 heterocycles. The van der Waals surface area contributed by atoms with Crippen molar-refractivity contribution >= 4 is 17.5 Å². The molecule has 0 radical (unpaired) electrons. The molecule has 2 aromatic rings. The van der Waals surface area contributed by atoms with Gasteiger partial charge in [0.1, 0.15) is 5.75 Å². The van der Waals surface area contributed by atoms with Crippen LogP contribution in [-0.4, -0.2) is 30.5 Å². The number of hydrogen-bond donors (Lipinski definition) is 2. The topological polar surface area (TPSA) is 80.3 Å². The van der Waals surface area contributed by atoms with E-state index in [9.17, 15) is 9.59 Å². The smallest absolute Gasteiger partial charge is 0.243 e. The van der Waals surface area contributed by atoms with Crippen LogP contribution in [0.25, 0.3) is 0 Å². The summed E-state index contributed by atoms with van der Waals surface area (Å²) in [5, 5.41) is 5.53. The third-order valence-corrected chi connectivity index (χ3v) is 4.87. The van der Waals surface area contributed by atoms with Gasteiger partial charge in [-0.1, -0.05) is 25.0 Å². The maximum absolute atomic E-state index is 13.0. The normalized spacial score (nSPS) is 15.3. The Bertz CT molecular complexity index is 771. The highest BCUT2D eigenvalue weighted by Crippen LogP contribution is 2.42. The van der Waals surface area contributed by atoms with Crippen LogP contribution >= 0.6 is 0 Å². The molecule has 0 bridgehead atoms. The van der Waals surface area contributed by atoms with Crippen molar-refractivity contribution in [3.05, 3.63) is 54.4 Å². The summed E-state index contributed by atoms with van der Waals surface area (Å²) in [5.41, 5.74) is 0.956. The number of aromatic nitrogens is 1. The van der Waals surface area contributed by atoms with Crippen molar-refractivity contribution in [1.82, 2.24) is 10.3 Å². The van der Waals surface area contributed by atoms with Gasteiger partial charge < -0.3 is 15.4 Å². The van der Waals surface area contributed by atoms with Crippen molar-refractivity contribution in [2.24, 2.45) is 0 Å². The first-order valence-electron chi connectivity index (χ1n) is 8.77. The van der Waals surface area contributed by atoms with E-state index >= 15 is 0 Å². The van der Waals surface area contributed by atoms with E-state index in [0.717, 1.165) is 37.0 Å². The number of anilines is 1. The molecule has 0 atom stereocenters. The SMILES string of the molecule is COc1cccc(C2(C(=O)NCC(=O)Nc3cccnc3)CCCC2)c1. The lowest BCUT2D eigenvalue weighted by Crippen LogP contribution is -2.45. The highest BCUT2D eigenvalue weighted by Gasteiger charge is 2.42. The van der Waals surface area contributed by atoms with E-state index in [1.165, 1.54) is 0 Å². The van der Waals surface area contributed by atoms with Crippen LogP contribution < -0.4 is 15.4 Å². The van der Waals surface area contributed by atoms with Gasteiger partial charge in [-0.15, -0.1) is 0 Å². The molecule has 0 saturated heterocycles. The Morgan fingerprint density at radius 3 is 2.69 bits per heavy atom. The summed E-state index contributed by atoms with van der Waals surface area (Å²) in [7, 11) is 1.61. The Morgan fingerprint density at radius 2 is 2.00 bits per heavy atom. The third kappa shape index (κ3) is 3.85. The zero-order valence-electron chi connectivity index (χ0n) is 14.8. The van der Waals surface area contributed by atoms with E-state index in [4.69, 9.17) is 4.74 Å². The molecular weight excluding hydrogens is 330 g/mol. The summed E-state index contributed by atoms with van der Waals surface area (Å²) in [6.45, 7) is -0.0700. The highest BCUT2D eigenvalue weighted by atomic mass is 16.5. The minimum Gasteiger partial charge on any atom is -0.497 e. The fraction of sp³-hybridized carbons (Fsp3) is 0.350. The fourth-order valence-electron chi connectivity index (χ4n) is 3.52. The molecule has 6 nitrogen and oxygen atoms in total. The van der Waals surface area contributed by atoms with E-state index in [0.29, 0.717) is 5.69 Å². The molecular formula is C20H23N3O3. The molecule has 26 heavy (non-hydrogen) atoms. The Balaban J connectivity index is 1.68. The summed E-state index contributed by atoms with van der Waals surface area (Å²) in [5.74, 6) is 0.352. The number of methoxy groups -OCH3 is 1. The lowest BCUT2D eigenvalue weighted by Gasteiger charge is -2.28. The number of pyridine rings is 1. The van der Waals surface area contributed by atoms with Crippen LogP contribution in [0.4, 0.5) is 5.69 Å². The molecule has 0 aliphatic heterocycles. The lowest BCUT2D eigenvalue weighted by molar-refractivity contribution is -0.128. The Kier molecular flexibility index (Phi) is 5.51. The molecule has 1 saturated carbocycles. The number of nitrogens with one attached hydrogen (secondary N) is 2. The van der Waals surface area contributed by atoms with Gasteiger partial charge in [0, 0.05) is 6.20 Å². The number of hydrogen-bond acceptors (Lipinski definition) is 4. The maximum atomic E-state index is 13.0. The second-order valence-electron chi connectivity index (χ2n) is 6.49. The molecule has 1 aliphatic rings. The largest absolute Gasteiger partial charge is 0.497 e. The summed E-state index contributed by atoms with van der Waals surface area (Å²) in [6, 6.07) is 11.1. The molecule has 0 unspecified atom stereocenters. The van der Waals surface area contributed by atoms with E-state index in [1.807, 2.05) is 24.3 Å². The van der Waals surface area contributed by atoms with Crippen molar-refractivity contribution < 1.29 is 14.3 Å². The van der Waals surface area contributed by atoms with Crippen molar-refractivity contribution in [1.29, 1.82) is 0 Å². The summed E-state index contributed by atoms with van der Waals surface area (Å²) in [4.78, 5) is 29.0. The second kappa shape index (κ2) is 7.99. The monoisotopic (exact) mass is 353 g/mol. The van der Waals surface area contributed by atoms with Crippen LogP contribution in [0.2, 0.25) is 0 Å². The molecule has 1 aromatic carbocycles. The minimum absolute atomic E-state index is 0.0700. The van der Waals surface area contributed by atoms with E-state index in [2.05, 4.69) is 15.6 Å². The quantitative estimate of drug-likeness (QED) is 0.837. The summed E-state index contributed by atoms with van der Waals surface area (Å²) >= 11 is 0. The van der Waals surface area contributed by atoms with Crippen molar-refractivity contribution in [2.75, 3.05) is 19.0 Å². The third-order valence-electron chi connectivity index (χ3n) is 4.87. The molecule has 136 valence electrons. The van der Waals surface area contributed by atoms with Gasteiger partial charge in [0.2, 0.25) is 11.8 Å². The van der Waals surface area contributed by atoms with E-state index < -0.39 is 5.41 Å². The summed E-state index contributed by atoms with van der Waals surface area (Å²) in [6.07, 6.45) is 6.73. The van der Waals surface area contributed by atoms with Crippen LogP contribution in [0.3, 0.4) is 0 Å². The van der Waals surface area contributed by atoms with Gasteiger partial charge in [0.15, 0.2) is 0 Å². The molecule has 1 fully saturated rings. The van der Waals surface area contributed by atoms with E-state index in [-0.39, 0.29) is 18.4 Å². The van der Waals surface area contributed by atoms with Crippen molar-refractivity contribution in [2.45, 2.75) is 31.1 Å². The number of rotatable bonds is 6. The van der Waals surface area contributed by atoms with Gasteiger partial charge in [-0.05, 0) is 42.7 Å². The Morgan fingerprint density at radius 1 is 1.19 bits per heavy atom. The molecule has 2 N–H and O–H groups in total. The summed E-state index contributed by atoms with van der Waals surface area (Å²) < 4.78 is 5.30. The van der Waals surface area contributed by atoms with E-state index in [1.54, 1.807) is 31.6 Å². The van der Waals surface area contributed by atoms with Gasteiger partial charge in [-0.2, -0.15) is 0 Å². The second-order valence-corrected chi connectivity index (χ2v) is 6.49. The predicted octanol–water partition coefficient (Wildman–Crippen LogP) is 2.66. The number of ether oxygens (including phenoxy) is 1. The zero-order valence-corrected chi connectivity index (χ0v) is 14.8. The van der Waals surface area contributed by atoms with Gasteiger partial charge in [-0.3, -0.25) is 14.6 Å². The molecule has 0 spiro atoms.